The molecule has 174 valence electrons. The van der Waals surface area contributed by atoms with E-state index in [4.69, 9.17) is 10.5 Å². The quantitative estimate of drug-likeness (QED) is 0.436. The van der Waals surface area contributed by atoms with Gasteiger partial charge in [-0.05, 0) is 60.9 Å². The Morgan fingerprint density at radius 2 is 1.48 bits per heavy atom. The fraction of sp³-hybridized carbons (Fsp3) is 0.478. The largest absolute Gasteiger partial charge is 0.493 e. The van der Waals surface area contributed by atoms with Crippen molar-refractivity contribution >= 4 is 12.4 Å². The van der Waals surface area contributed by atoms with Crippen LogP contribution in [0.4, 0.5) is 13.2 Å². The first-order valence-electron chi connectivity index (χ1n) is 10.1. The molecule has 4 N–H and O–H groups in total. The first kappa shape index (κ1) is 27.2. The van der Waals surface area contributed by atoms with Crippen LogP contribution in [-0.4, -0.2) is 35.6 Å². The average molecular weight is 462 g/mol. The van der Waals surface area contributed by atoms with Crippen molar-refractivity contribution in [3.8, 4) is 5.75 Å². The van der Waals surface area contributed by atoms with E-state index in [1.807, 2.05) is 12.1 Å². The summed E-state index contributed by atoms with van der Waals surface area (Å²) in [4.78, 5) is 0. The van der Waals surface area contributed by atoms with Gasteiger partial charge in [0.15, 0.2) is 0 Å². The second-order valence-corrected chi connectivity index (χ2v) is 7.63. The van der Waals surface area contributed by atoms with E-state index in [2.05, 4.69) is 19.1 Å². The van der Waals surface area contributed by atoms with Gasteiger partial charge in [-0.2, -0.15) is 13.2 Å². The number of aliphatic hydroxyl groups excluding tert-OH is 2. The highest BCUT2D eigenvalue weighted by Crippen LogP contribution is 2.37. The SMILES string of the molecule is CCc1ccc(CCCOc2ccc(CCC(N)(CO)CO)cc2C(F)(F)F)cc1.Cl. The third-order valence-electron chi connectivity index (χ3n) is 5.19. The number of aliphatic hydroxyl groups is 2. The zero-order valence-electron chi connectivity index (χ0n) is 17.6. The van der Waals surface area contributed by atoms with Crippen molar-refractivity contribution in [2.24, 2.45) is 5.73 Å². The fourth-order valence-electron chi connectivity index (χ4n) is 3.08. The maximum Gasteiger partial charge on any atom is 0.419 e. The lowest BCUT2D eigenvalue weighted by atomic mass is 9.93. The number of benzene rings is 2. The third-order valence-corrected chi connectivity index (χ3v) is 5.19. The molecule has 2 aromatic carbocycles. The first-order chi connectivity index (χ1) is 14.2. The van der Waals surface area contributed by atoms with Gasteiger partial charge in [-0.15, -0.1) is 12.4 Å². The number of halogens is 4. The summed E-state index contributed by atoms with van der Waals surface area (Å²) in [6.07, 6.45) is -1.89. The molecule has 0 atom stereocenters. The topological polar surface area (TPSA) is 75.7 Å². The molecule has 0 heterocycles. The summed E-state index contributed by atoms with van der Waals surface area (Å²) in [5.41, 5.74) is 6.54. The molecule has 0 bridgehead atoms. The van der Waals surface area contributed by atoms with Crippen molar-refractivity contribution in [2.75, 3.05) is 19.8 Å². The monoisotopic (exact) mass is 461 g/mol. The first-order valence-corrected chi connectivity index (χ1v) is 10.1. The van der Waals surface area contributed by atoms with Crippen LogP contribution in [0.1, 0.15) is 42.0 Å². The molecule has 2 aromatic rings. The van der Waals surface area contributed by atoms with Crippen molar-refractivity contribution in [1.82, 2.24) is 0 Å². The van der Waals surface area contributed by atoms with E-state index in [1.165, 1.54) is 11.6 Å². The van der Waals surface area contributed by atoms with E-state index in [0.29, 0.717) is 12.0 Å². The summed E-state index contributed by atoms with van der Waals surface area (Å²) < 4.78 is 45.9. The van der Waals surface area contributed by atoms with Gasteiger partial charge in [-0.3, -0.25) is 0 Å². The van der Waals surface area contributed by atoms with Gasteiger partial charge in [-0.1, -0.05) is 37.3 Å². The Morgan fingerprint density at radius 3 is 2.03 bits per heavy atom. The summed E-state index contributed by atoms with van der Waals surface area (Å²) in [5.74, 6) is -0.198. The molecule has 31 heavy (non-hydrogen) atoms. The van der Waals surface area contributed by atoms with E-state index in [0.717, 1.165) is 24.5 Å². The van der Waals surface area contributed by atoms with Gasteiger partial charge < -0.3 is 20.7 Å². The maximum atomic E-state index is 13.5. The van der Waals surface area contributed by atoms with Crippen LogP contribution in [0.15, 0.2) is 42.5 Å². The summed E-state index contributed by atoms with van der Waals surface area (Å²) in [7, 11) is 0. The van der Waals surface area contributed by atoms with Crippen molar-refractivity contribution in [3.63, 3.8) is 0 Å². The third kappa shape index (κ3) is 8.33. The number of rotatable bonds is 11. The highest BCUT2D eigenvalue weighted by molar-refractivity contribution is 5.85. The molecule has 0 aliphatic heterocycles. The van der Waals surface area contributed by atoms with E-state index in [9.17, 15) is 23.4 Å². The van der Waals surface area contributed by atoms with Crippen molar-refractivity contribution in [3.05, 3.63) is 64.7 Å². The zero-order valence-corrected chi connectivity index (χ0v) is 18.4. The Bertz CT molecular complexity index is 794. The lowest BCUT2D eigenvalue weighted by molar-refractivity contribution is -0.139. The minimum Gasteiger partial charge on any atom is -0.493 e. The van der Waals surface area contributed by atoms with Crippen LogP contribution in [-0.2, 0) is 25.4 Å². The van der Waals surface area contributed by atoms with Crippen LogP contribution in [0.2, 0.25) is 0 Å². The number of alkyl halides is 3. The molecule has 0 aromatic heterocycles. The minimum atomic E-state index is -4.55. The number of ether oxygens (including phenoxy) is 1. The van der Waals surface area contributed by atoms with Crippen LogP contribution in [0.25, 0.3) is 0 Å². The molecule has 0 saturated heterocycles. The Morgan fingerprint density at radius 1 is 0.903 bits per heavy atom. The lowest BCUT2D eigenvalue weighted by Crippen LogP contribution is -2.47. The molecule has 0 fully saturated rings. The van der Waals surface area contributed by atoms with Gasteiger partial charge in [-0.25, -0.2) is 0 Å². The second-order valence-electron chi connectivity index (χ2n) is 7.63. The van der Waals surface area contributed by atoms with Crippen LogP contribution in [0, 0.1) is 0 Å². The summed E-state index contributed by atoms with van der Waals surface area (Å²) in [6, 6.07) is 12.1. The molecular weight excluding hydrogens is 431 g/mol. The predicted molar refractivity (Wildman–Crippen MR) is 118 cm³/mol. The van der Waals surface area contributed by atoms with E-state index >= 15 is 0 Å². The molecule has 8 heteroatoms. The summed E-state index contributed by atoms with van der Waals surface area (Å²) >= 11 is 0. The van der Waals surface area contributed by atoms with Gasteiger partial charge in [0.1, 0.15) is 5.75 Å². The Labute approximate surface area is 187 Å². The van der Waals surface area contributed by atoms with E-state index in [-0.39, 0.29) is 37.6 Å². The van der Waals surface area contributed by atoms with Gasteiger partial charge in [0.2, 0.25) is 0 Å². The molecule has 0 aliphatic carbocycles. The van der Waals surface area contributed by atoms with Gasteiger partial charge in [0.05, 0.1) is 30.9 Å². The minimum absolute atomic E-state index is 0. The smallest absolute Gasteiger partial charge is 0.419 e. The highest BCUT2D eigenvalue weighted by Gasteiger charge is 2.35. The number of hydrogen-bond acceptors (Lipinski definition) is 4. The van der Waals surface area contributed by atoms with Gasteiger partial charge >= 0.3 is 6.18 Å². The summed E-state index contributed by atoms with van der Waals surface area (Å²) in [5, 5.41) is 18.5. The van der Waals surface area contributed by atoms with E-state index in [1.54, 1.807) is 6.07 Å². The standard InChI is InChI=1S/C23H30F3NO3.ClH/c1-2-17-5-7-18(8-6-17)4-3-13-30-21-10-9-19(14-20(21)23(24,25)26)11-12-22(27,15-28)16-29;/h5-10,14,28-29H,2-4,11-13,15-16,27H2,1H3;1H. The van der Waals surface area contributed by atoms with Gasteiger partial charge in [0, 0.05) is 0 Å². The molecule has 0 unspecified atom stereocenters. The molecule has 4 nitrogen and oxygen atoms in total. The van der Waals surface area contributed by atoms with Crippen molar-refractivity contribution in [1.29, 1.82) is 0 Å². The van der Waals surface area contributed by atoms with Crippen LogP contribution in [0.3, 0.4) is 0 Å². The molecule has 0 aliphatic rings. The number of hydrogen-bond donors (Lipinski definition) is 3. The van der Waals surface area contributed by atoms with Gasteiger partial charge in [0.25, 0.3) is 0 Å². The maximum absolute atomic E-state index is 13.5. The fourth-order valence-corrected chi connectivity index (χ4v) is 3.08. The Balaban J connectivity index is 0.00000480. The van der Waals surface area contributed by atoms with Crippen LogP contribution < -0.4 is 10.5 Å². The highest BCUT2D eigenvalue weighted by atomic mass is 35.5. The second kappa shape index (κ2) is 12.3. The average Bonchev–Trinajstić information content (AvgIpc) is 2.75. The number of nitrogens with two attached hydrogens (primary N) is 1. The molecule has 0 spiro atoms. The van der Waals surface area contributed by atoms with Crippen LogP contribution >= 0.6 is 12.4 Å². The summed E-state index contributed by atoms with van der Waals surface area (Å²) in [6.45, 7) is 1.37. The van der Waals surface area contributed by atoms with Crippen LogP contribution in [0.5, 0.6) is 5.75 Å². The molecular formula is C23H31ClF3NO3. The molecule has 0 saturated carbocycles. The normalized spacial score (nSPS) is 11.8. The predicted octanol–water partition coefficient (Wildman–Crippen LogP) is 4.32. The van der Waals surface area contributed by atoms with Crippen molar-refractivity contribution in [2.45, 2.75) is 50.7 Å². The Kier molecular flexibility index (Phi) is 10.8. The lowest BCUT2D eigenvalue weighted by Gasteiger charge is -2.24. The molecule has 2 rings (SSSR count). The Hall–Kier alpha value is -1.80. The zero-order chi connectivity index (χ0) is 22.2. The van der Waals surface area contributed by atoms with Crippen molar-refractivity contribution < 1.29 is 28.1 Å². The molecule has 0 amide bonds. The molecule has 0 radical (unpaired) electrons. The van der Waals surface area contributed by atoms with E-state index < -0.39 is 30.5 Å². The number of aryl methyl sites for hydroxylation is 3.